The van der Waals surface area contributed by atoms with Crippen LogP contribution in [0, 0.1) is 0 Å². The van der Waals surface area contributed by atoms with Gasteiger partial charge < -0.3 is 50.0 Å². The van der Waals surface area contributed by atoms with Crippen molar-refractivity contribution in [2.45, 2.75) is 62.0 Å². The van der Waals surface area contributed by atoms with Gasteiger partial charge in [0.05, 0.1) is 12.7 Å². The molecule has 1 aliphatic heterocycles. The van der Waals surface area contributed by atoms with E-state index in [9.17, 15) is 35.4 Å². The minimum atomic E-state index is -1.92. The first-order valence-corrected chi connectivity index (χ1v) is 6.69. The normalized spacial score (nSPS) is 38.1. The monoisotopic (exact) mass is 326 g/mol. The smallest absolute Gasteiger partial charge is 0.186 e. The standard InChI is InChI=1S/C12H22O10/c1-4-7(16)10(19)11(20)12(22-4)21-3-6(15)9(18)8(17)5(14)2-13/h2,4-12,14-20H,3H2,1H3. The zero-order chi connectivity index (χ0) is 17.0. The summed E-state index contributed by atoms with van der Waals surface area (Å²) < 4.78 is 10.1. The number of hydrogen-bond donors (Lipinski definition) is 7. The lowest BCUT2D eigenvalue weighted by Crippen LogP contribution is -2.58. The van der Waals surface area contributed by atoms with Crippen LogP contribution in [0.2, 0.25) is 0 Å². The van der Waals surface area contributed by atoms with E-state index in [1.54, 1.807) is 0 Å². The van der Waals surface area contributed by atoms with Gasteiger partial charge in [-0.3, -0.25) is 0 Å². The lowest BCUT2D eigenvalue weighted by molar-refractivity contribution is -0.299. The quantitative estimate of drug-likeness (QED) is 0.225. The van der Waals surface area contributed by atoms with Crippen molar-refractivity contribution in [2.75, 3.05) is 6.61 Å². The molecule has 1 fully saturated rings. The van der Waals surface area contributed by atoms with Gasteiger partial charge in [-0.25, -0.2) is 0 Å². The Kier molecular flexibility index (Phi) is 7.25. The minimum absolute atomic E-state index is 0.00507. The van der Waals surface area contributed by atoms with E-state index in [1.165, 1.54) is 6.92 Å². The molecule has 10 nitrogen and oxygen atoms in total. The molecule has 0 bridgehead atoms. The van der Waals surface area contributed by atoms with E-state index in [0.717, 1.165) is 0 Å². The number of ether oxygens (including phenoxy) is 2. The molecule has 1 heterocycles. The van der Waals surface area contributed by atoms with Gasteiger partial charge in [0, 0.05) is 0 Å². The van der Waals surface area contributed by atoms with Crippen LogP contribution in [0.15, 0.2) is 0 Å². The number of carbonyl (C=O) groups is 1. The van der Waals surface area contributed by atoms with Crippen LogP contribution in [0.5, 0.6) is 0 Å². The topological polar surface area (TPSA) is 177 Å². The Hall–Kier alpha value is -0.690. The summed E-state index contributed by atoms with van der Waals surface area (Å²) in [5, 5.41) is 66.3. The summed E-state index contributed by atoms with van der Waals surface area (Å²) in [5.74, 6) is 0. The molecular formula is C12H22O10. The third-order valence-electron chi connectivity index (χ3n) is 3.47. The predicted molar refractivity (Wildman–Crippen MR) is 68.4 cm³/mol. The molecule has 0 aromatic heterocycles. The van der Waals surface area contributed by atoms with E-state index in [4.69, 9.17) is 14.6 Å². The van der Waals surface area contributed by atoms with Crippen molar-refractivity contribution in [2.24, 2.45) is 0 Å². The first-order valence-electron chi connectivity index (χ1n) is 6.69. The Bertz CT molecular complexity index is 353. The highest BCUT2D eigenvalue weighted by Gasteiger charge is 2.43. The van der Waals surface area contributed by atoms with Gasteiger partial charge in [0.15, 0.2) is 12.6 Å². The van der Waals surface area contributed by atoms with Crippen LogP contribution >= 0.6 is 0 Å². The highest BCUT2D eigenvalue weighted by atomic mass is 16.7. The van der Waals surface area contributed by atoms with E-state index < -0.39 is 61.7 Å². The largest absolute Gasteiger partial charge is 0.388 e. The second-order valence-electron chi connectivity index (χ2n) is 5.19. The Morgan fingerprint density at radius 3 is 2.18 bits per heavy atom. The maximum atomic E-state index is 10.3. The molecule has 130 valence electrons. The van der Waals surface area contributed by atoms with Gasteiger partial charge in [0.25, 0.3) is 0 Å². The molecule has 9 unspecified atom stereocenters. The molecule has 0 spiro atoms. The Morgan fingerprint density at radius 2 is 1.64 bits per heavy atom. The highest BCUT2D eigenvalue weighted by molar-refractivity contribution is 5.56. The van der Waals surface area contributed by atoms with Crippen molar-refractivity contribution in [1.29, 1.82) is 0 Å². The van der Waals surface area contributed by atoms with Crippen LogP contribution in [0.3, 0.4) is 0 Å². The number of carbonyl (C=O) groups excluding carboxylic acids is 1. The number of aliphatic hydroxyl groups is 7. The summed E-state index contributed by atoms with van der Waals surface area (Å²) in [6.07, 6.45) is -14.0. The van der Waals surface area contributed by atoms with Crippen molar-refractivity contribution in [3.8, 4) is 0 Å². The summed E-state index contributed by atoms with van der Waals surface area (Å²) in [6.45, 7) is 0.812. The van der Waals surface area contributed by atoms with Crippen LogP contribution in [0.1, 0.15) is 6.92 Å². The molecule has 9 atom stereocenters. The maximum Gasteiger partial charge on any atom is 0.186 e. The number of aliphatic hydroxyl groups excluding tert-OH is 7. The second kappa shape index (κ2) is 8.24. The van der Waals surface area contributed by atoms with Crippen LogP contribution < -0.4 is 0 Å². The van der Waals surface area contributed by atoms with Crippen molar-refractivity contribution in [3.05, 3.63) is 0 Å². The van der Waals surface area contributed by atoms with E-state index >= 15 is 0 Å². The van der Waals surface area contributed by atoms with Gasteiger partial charge in [0.2, 0.25) is 0 Å². The zero-order valence-corrected chi connectivity index (χ0v) is 11.8. The summed E-state index contributed by atoms with van der Waals surface area (Å²) in [6, 6.07) is 0. The van der Waals surface area contributed by atoms with Gasteiger partial charge >= 0.3 is 0 Å². The molecule has 0 aromatic carbocycles. The molecule has 7 N–H and O–H groups in total. The van der Waals surface area contributed by atoms with Crippen molar-refractivity contribution < 1.29 is 50.0 Å². The second-order valence-corrected chi connectivity index (χ2v) is 5.19. The fourth-order valence-corrected chi connectivity index (χ4v) is 1.95. The van der Waals surface area contributed by atoms with Crippen LogP contribution in [0.25, 0.3) is 0 Å². The summed E-state index contributed by atoms with van der Waals surface area (Å²) >= 11 is 0. The van der Waals surface area contributed by atoms with Gasteiger partial charge in [-0.1, -0.05) is 0 Å². The lowest BCUT2D eigenvalue weighted by atomic mass is 10.00. The molecule has 22 heavy (non-hydrogen) atoms. The van der Waals surface area contributed by atoms with Gasteiger partial charge in [-0.05, 0) is 6.92 Å². The molecule has 1 saturated heterocycles. The van der Waals surface area contributed by atoms with Gasteiger partial charge in [-0.15, -0.1) is 0 Å². The Balaban J connectivity index is 2.52. The maximum absolute atomic E-state index is 10.3. The summed E-state index contributed by atoms with van der Waals surface area (Å²) in [7, 11) is 0. The van der Waals surface area contributed by atoms with Gasteiger partial charge in [-0.2, -0.15) is 0 Å². The van der Waals surface area contributed by atoms with E-state index in [1.807, 2.05) is 0 Å². The zero-order valence-electron chi connectivity index (χ0n) is 11.8. The molecule has 0 amide bonds. The number of hydrogen-bond acceptors (Lipinski definition) is 10. The average molecular weight is 326 g/mol. The summed E-state index contributed by atoms with van der Waals surface area (Å²) in [5.41, 5.74) is 0. The molecule has 1 aliphatic rings. The van der Waals surface area contributed by atoms with E-state index in [-0.39, 0.29) is 6.29 Å². The Labute approximate surface area is 126 Å². The minimum Gasteiger partial charge on any atom is -0.388 e. The molecule has 0 radical (unpaired) electrons. The fraction of sp³-hybridized carbons (Fsp3) is 0.917. The Morgan fingerprint density at radius 1 is 1.05 bits per heavy atom. The van der Waals surface area contributed by atoms with Crippen molar-refractivity contribution in [1.82, 2.24) is 0 Å². The molecular weight excluding hydrogens is 304 g/mol. The predicted octanol–water partition coefficient (Wildman–Crippen LogP) is -4.53. The first kappa shape index (κ1) is 19.4. The third kappa shape index (κ3) is 4.41. The van der Waals surface area contributed by atoms with Crippen molar-refractivity contribution in [3.63, 3.8) is 0 Å². The van der Waals surface area contributed by atoms with Crippen LogP contribution in [-0.2, 0) is 14.3 Å². The number of aldehydes is 1. The molecule has 0 aromatic rings. The molecule has 0 aliphatic carbocycles. The van der Waals surface area contributed by atoms with Gasteiger partial charge in [0.1, 0.15) is 42.7 Å². The van der Waals surface area contributed by atoms with E-state index in [0.29, 0.717) is 0 Å². The molecule has 10 heteroatoms. The fourth-order valence-electron chi connectivity index (χ4n) is 1.95. The van der Waals surface area contributed by atoms with Crippen LogP contribution in [-0.4, -0.2) is 104 Å². The SMILES string of the molecule is CC1OC(OCC(O)C(O)C(O)C(O)C=O)C(O)C(O)C1O. The lowest BCUT2D eigenvalue weighted by Gasteiger charge is -2.39. The molecule has 0 saturated carbocycles. The molecule has 1 rings (SSSR count). The van der Waals surface area contributed by atoms with Crippen molar-refractivity contribution >= 4 is 6.29 Å². The summed E-state index contributed by atoms with van der Waals surface area (Å²) in [4.78, 5) is 10.3. The number of rotatable bonds is 7. The van der Waals surface area contributed by atoms with E-state index in [2.05, 4.69) is 0 Å². The first-order chi connectivity index (χ1) is 10.2. The highest BCUT2D eigenvalue weighted by Crippen LogP contribution is 2.22. The average Bonchev–Trinajstić information content (AvgIpc) is 2.52. The third-order valence-corrected chi connectivity index (χ3v) is 3.47. The van der Waals surface area contributed by atoms with Crippen LogP contribution in [0.4, 0.5) is 0 Å².